The van der Waals surface area contributed by atoms with Gasteiger partial charge >= 0.3 is 0 Å². The number of benzene rings is 2. The lowest BCUT2D eigenvalue weighted by Crippen LogP contribution is -2.13. The van der Waals surface area contributed by atoms with Gasteiger partial charge in [0.15, 0.2) is 0 Å². The molecule has 3 N–H and O–H groups in total. The van der Waals surface area contributed by atoms with Gasteiger partial charge in [0.25, 0.3) is 5.91 Å². The van der Waals surface area contributed by atoms with Crippen molar-refractivity contribution in [3.8, 4) is 0 Å². The number of aryl methyl sites for hydroxylation is 1. The van der Waals surface area contributed by atoms with Crippen LogP contribution in [0, 0.1) is 6.92 Å². The number of nitrogens with two attached hydrogens (primary N) is 1. The van der Waals surface area contributed by atoms with Gasteiger partial charge in [-0.1, -0.05) is 36.5 Å². The van der Waals surface area contributed by atoms with E-state index in [1.165, 1.54) is 0 Å². The van der Waals surface area contributed by atoms with Crippen molar-refractivity contribution in [3.63, 3.8) is 0 Å². The average Bonchev–Trinajstić information content (AvgIpc) is 2.38. The van der Waals surface area contributed by atoms with Crippen LogP contribution < -0.4 is 11.1 Å². The fourth-order valence-electron chi connectivity index (χ4n) is 1.90. The van der Waals surface area contributed by atoms with Gasteiger partial charge in [-0.2, -0.15) is 0 Å². The van der Waals surface area contributed by atoms with E-state index in [2.05, 4.69) is 5.32 Å². The third kappa shape index (κ3) is 3.90. The first kappa shape index (κ1) is 14.2. The number of rotatable bonds is 4. The van der Waals surface area contributed by atoms with Crippen LogP contribution in [0.2, 0.25) is 0 Å². The summed E-state index contributed by atoms with van der Waals surface area (Å²) in [5.41, 5.74) is 9.00. The van der Waals surface area contributed by atoms with E-state index in [1.54, 1.807) is 12.1 Å². The SMILES string of the molecule is Cc1cccc(NC(=O)c2ccc(CC(N)=S)cc2)c1. The zero-order valence-corrected chi connectivity index (χ0v) is 12.0. The van der Waals surface area contributed by atoms with Crippen LogP contribution in [-0.2, 0) is 6.42 Å². The zero-order chi connectivity index (χ0) is 14.5. The van der Waals surface area contributed by atoms with Crippen LogP contribution in [0.15, 0.2) is 48.5 Å². The molecule has 0 aliphatic carbocycles. The van der Waals surface area contributed by atoms with Crippen molar-refractivity contribution < 1.29 is 4.79 Å². The Morgan fingerprint density at radius 3 is 2.50 bits per heavy atom. The number of amides is 1. The molecule has 4 heteroatoms. The number of anilines is 1. The lowest BCUT2D eigenvalue weighted by Gasteiger charge is -2.07. The predicted octanol–water partition coefficient (Wildman–Crippen LogP) is 3.08. The zero-order valence-electron chi connectivity index (χ0n) is 11.2. The Morgan fingerprint density at radius 1 is 1.20 bits per heavy atom. The van der Waals surface area contributed by atoms with Crippen molar-refractivity contribution in [2.75, 3.05) is 5.32 Å². The molecule has 0 bridgehead atoms. The van der Waals surface area contributed by atoms with E-state index in [-0.39, 0.29) is 5.91 Å². The fourth-order valence-corrected chi connectivity index (χ4v) is 2.07. The van der Waals surface area contributed by atoms with Crippen LogP contribution >= 0.6 is 12.2 Å². The standard InChI is InChI=1S/C16H16N2OS/c1-11-3-2-4-14(9-11)18-16(19)13-7-5-12(6-8-13)10-15(17)20/h2-9H,10H2,1H3,(H2,17,20)(H,18,19). The van der Waals surface area contributed by atoms with Gasteiger partial charge in [0, 0.05) is 17.7 Å². The predicted molar refractivity (Wildman–Crippen MR) is 86.1 cm³/mol. The molecule has 0 saturated heterocycles. The van der Waals surface area contributed by atoms with Gasteiger partial charge in [-0.25, -0.2) is 0 Å². The van der Waals surface area contributed by atoms with Gasteiger partial charge in [-0.3, -0.25) is 4.79 Å². The van der Waals surface area contributed by atoms with Gasteiger partial charge in [0.05, 0.1) is 4.99 Å². The molecule has 0 heterocycles. The summed E-state index contributed by atoms with van der Waals surface area (Å²) in [7, 11) is 0. The van der Waals surface area contributed by atoms with Crippen LogP contribution in [0.5, 0.6) is 0 Å². The molecule has 102 valence electrons. The molecule has 2 aromatic carbocycles. The van der Waals surface area contributed by atoms with Crippen molar-refractivity contribution in [1.29, 1.82) is 0 Å². The molecule has 0 aliphatic heterocycles. The summed E-state index contributed by atoms with van der Waals surface area (Å²) in [4.78, 5) is 12.5. The largest absolute Gasteiger partial charge is 0.393 e. The molecule has 3 nitrogen and oxygen atoms in total. The van der Waals surface area contributed by atoms with Crippen LogP contribution in [0.25, 0.3) is 0 Å². The van der Waals surface area contributed by atoms with Gasteiger partial charge < -0.3 is 11.1 Å². The summed E-state index contributed by atoms with van der Waals surface area (Å²) in [5, 5.41) is 2.87. The van der Waals surface area contributed by atoms with Crippen LogP contribution in [-0.4, -0.2) is 10.9 Å². The minimum absolute atomic E-state index is 0.127. The Hall–Kier alpha value is -2.20. The molecule has 0 saturated carbocycles. The molecule has 1 amide bonds. The average molecular weight is 284 g/mol. The third-order valence-corrected chi connectivity index (χ3v) is 3.01. The highest BCUT2D eigenvalue weighted by atomic mass is 32.1. The number of hydrogen-bond donors (Lipinski definition) is 2. The highest BCUT2D eigenvalue weighted by Crippen LogP contribution is 2.12. The molecule has 0 unspecified atom stereocenters. The first-order chi connectivity index (χ1) is 9.54. The quantitative estimate of drug-likeness (QED) is 0.848. The number of hydrogen-bond acceptors (Lipinski definition) is 2. The molecule has 0 radical (unpaired) electrons. The first-order valence-corrected chi connectivity index (χ1v) is 6.71. The van der Waals surface area contributed by atoms with E-state index in [1.807, 2.05) is 43.3 Å². The second-order valence-corrected chi connectivity index (χ2v) is 5.19. The second-order valence-electron chi connectivity index (χ2n) is 4.66. The van der Waals surface area contributed by atoms with Gasteiger partial charge in [0.2, 0.25) is 0 Å². The van der Waals surface area contributed by atoms with Crippen molar-refractivity contribution in [2.45, 2.75) is 13.3 Å². The third-order valence-electron chi connectivity index (χ3n) is 2.87. The maximum atomic E-state index is 12.1. The van der Waals surface area contributed by atoms with E-state index < -0.39 is 0 Å². The molecule has 0 fully saturated rings. The Morgan fingerprint density at radius 2 is 1.90 bits per heavy atom. The number of carbonyl (C=O) groups excluding carboxylic acids is 1. The maximum Gasteiger partial charge on any atom is 0.255 e. The lowest BCUT2D eigenvalue weighted by molar-refractivity contribution is 0.102. The summed E-state index contributed by atoms with van der Waals surface area (Å²) >= 11 is 4.86. The molecule has 0 spiro atoms. The number of carbonyl (C=O) groups is 1. The highest BCUT2D eigenvalue weighted by molar-refractivity contribution is 7.80. The van der Waals surface area contributed by atoms with Gasteiger partial charge in [0.1, 0.15) is 0 Å². The molecule has 0 atom stereocenters. The summed E-state index contributed by atoms with van der Waals surface area (Å²) < 4.78 is 0. The van der Waals surface area contributed by atoms with Crippen molar-refractivity contribution in [2.24, 2.45) is 5.73 Å². The minimum Gasteiger partial charge on any atom is -0.393 e. The fraction of sp³-hybridized carbons (Fsp3) is 0.125. The normalized spacial score (nSPS) is 10.1. The second kappa shape index (κ2) is 6.30. The highest BCUT2D eigenvalue weighted by Gasteiger charge is 2.06. The van der Waals surface area contributed by atoms with E-state index in [9.17, 15) is 4.79 Å². The van der Waals surface area contributed by atoms with Crippen molar-refractivity contribution >= 4 is 28.8 Å². The Balaban J connectivity index is 2.07. The smallest absolute Gasteiger partial charge is 0.255 e. The summed E-state index contributed by atoms with van der Waals surface area (Å²) in [6.45, 7) is 1.99. The topological polar surface area (TPSA) is 55.1 Å². The summed E-state index contributed by atoms with van der Waals surface area (Å²) in [6.07, 6.45) is 0.551. The molecule has 2 rings (SSSR count). The Kier molecular flexibility index (Phi) is 4.48. The van der Waals surface area contributed by atoms with Crippen molar-refractivity contribution in [3.05, 3.63) is 65.2 Å². The first-order valence-electron chi connectivity index (χ1n) is 6.30. The number of nitrogens with one attached hydrogen (secondary N) is 1. The van der Waals surface area contributed by atoms with Crippen molar-refractivity contribution in [1.82, 2.24) is 0 Å². The monoisotopic (exact) mass is 284 g/mol. The molecule has 0 aromatic heterocycles. The summed E-state index contributed by atoms with van der Waals surface area (Å²) in [5.74, 6) is -0.127. The van der Waals surface area contributed by atoms with Gasteiger partial charge in [-0.15, -0.1) is 0 Å². The van der Waals surface area contributed by atoms with E-state index >= 15 is 0 Å². The van der Waals surface area contributed by atoms with E-state index in [0.29, 0.717) is 17.0 Å². The number of thiocarbonyl (C=S) groups is 1. The lowest BCUT2D eigenvalue weighted by atomic mass is 10.1. The molecule has 0 aliphatic rings. The molecule has 2 aromatic rings. The molecular formula is C16H16N2OS. The van der Waals surface area contributed by atoms with E-state index in [0.717, 1.165) is 16.8 Å². The van der Waals surface area contributed by atoms with Crippen LogP contribution in [0.3, 0.4) is 0 Å². The molecular weight excluding hydrogens is 268 g/mol. The maximum absolute atomic E-state index is 12.1. The Bertz CT molecular complexity index is 635. The molecule has 20 heavy (non-hydrogen) atoms. The summed E-state index contributed by atoms with van der Waals surface area (Å²) in [6, 6.07) is 15.0. The van der Waals surface area contributed by atoms with Crippen LogP contribution in [0.4, 0.5) is 5.69 Å². The minimum atomic E-state index is -0.127. The van der Waals surface area contributed by atoms with Gasteiger partial charge in [-0.05, 0) is 42.3 Å². The van der Waals surface area contributed by atoms with E-state index in [4.69, 9.17) is 18.0 Å². The van der Waals surface area contributed by atoms with Crippen LogP contribution in [0.1, 0.15) is 21.5 Å². The Labute approximate surface area is 123 Å².